The van der Waals surface area contributed by atoms with E-state index in [9.17, 15) is 0 Å². The fourth-order valence-corrected chi connectivity index (χ4v) is 3.12. The molecule has 0 saturated heterocycles. The van der Waals surface area contributed by atoms with Crippen molar-refractivity contribution in [3.8, 4) is 11.5 Å². The average Bonchev–Trinajstić information content (AvgIpc) is 3.06. The fraction of sp³-hybridized carbons (Fsp3) is 0.455. The predicted octanol–water partition coefficient (Wildman–Crippen LogP) is 5.72. The van der Waals surface area contributed by atoms with Crippen molar-refractivity contribution >= 4 is 0 Å². The topological polar surface area (TPSA) is 18.5 Å². The molecule has 130 valence electrons. The van der Waals surface area contributed by atoms with Gasteiger partial charge in [-0.25, -0.2) is 0 Å². The summed E-state index contributed by atoms with van der Waals surface area (Å²) >= 11 is 0. The molecule has 1 aliphatic carbocycles. The number of allylic oxidation sites excluding steroid dienone is 4. The van der Waals surface area contributed by atoms with Gasteiger partial charge in [-0.15, -0.1) is 0 Å². The van der Waals surface area contributed by atoms with E-state index >= 15 is 0 Å². The van der Waals surface area contributed by atoms with Gasteiger partial charge < -0.3 is 9.47 Å². The van der Waals surface area contributed by atoms with Crippen LogP contribution in [0.5, 0.6) is 11.5 Å². The Morgan fingerprint density at radius 3 is 2.29 bits per heavy atom. The number of rotatable bonds is 6. The molecule has 0 amide bonds. The van der Waals surface area contributed by atoms with Crippen LogP contribution in [0.1, 0.15) is 52.2 Å². The molecule has 2 heteroatoms. The van der Waals surface area contributed by atoms with Gasteiger partial charge in [-0.1, -0.05) is 65.5 Å². The Kier molecular flexibility index (Phi) is 5.27. The Balaban J connectivity index is 2.71. The normalized spacial score (nSPS) is 14.5. The minimum atomic E-state index is -0.155. The van der Waals surface area contributed by atoms with Crippen molar-refractivity contribution in [1.29, 1.82) is 0 Å². The van der Waals surface area contributed by atoms with Crippen molar-refractivity contribution in [3.63, 3.8) is 0 Å². The SMILES string of the molecule is C=CCOc1c(C(C)(C)C)cc(OC)cc1C(C)(C)C1=CCC=C1. The summed E-state index contributed by atoms with van der Waals surface area (Å²) in [5.41, 5.74) is 3.44. The van der Waals surface area contributed by atoms with Gasteiger partial charge >= 0.3 is 0 Å². The van der Waals surface area contributed by atoms with Gasteiger partial charge in [-0.2, -0.15) is 0 Å². The lowest BCUT2D eigenvalue weighted by Gasteiger charge is -2.33. The molecule has 0 fully saturated rings. The molecule has 0 bridgehead atoms. The van der Waals surface area contributed by atoms with Crippen LogP contribution in [0.2, 0.25) is 0 Å². The largest absolute Gasteiger partial charge is 0.497 e. The van der Waals surface area contributed by atoms with Gasteiger partial charge in [0.2, 0.25) is 0 Å². The number of benzene rings is 1. The first-order valence-electron chi connectivity index (χ1n) is 8.55. The molecule has 0 aliphatic heterocycles. The van der Waals surface area contributed by atoms with Crippen molar-refractivity contribution in [2.75, 3.05) is 13.7 Å². The van der Waals surface area contributed by atoms with Crippen LogP contribution >= 0.6 is 0 Å². The first kappa shape index (κ1) is 18.4. The average molecular weight is 326 g/mol. The molecule has 2 nitrogen and oxygen atoms in total. The molecule has 0 N–H and O–H groups in total. The third-order valence-corrected chi connectivity index (χ3v) is 4.62. The molecule has 1 aromatic carbocycles. The molecule has 0 unspecified atom stereocenters. The van der Waals surface area contributed by atoms with E-state index in [0.717, 1.165) is 29.0 Å². The second-order valence-corrected chi connectivity index (χ2v) is 7.82. The standard InChI is InChI=1S/C22H30O2/c1-8-13-24-20-18(21(2,3)4)14-17(23-7)15-19(20)22(5,6)16-11-9-10-12-16/h8-9,11-12,14-15H,1,10,13H2,2-7H3. The second-order valence-electron chi connectivity index (χ2n) is 7.82. The summed E-state index contributed by atoms with van der Waals surface area (Å²) in [7, 11) is 1.72. The zero-order valence-corrected chi connectivity index (χ0v) is 15.9. The molecular weight excluding hydrogens is 296 g/mol. The van der Waals surface area contributed by atoms with Crippen molar-refractivity contribution in [3.05, 3.63) is 59.7 Å². The third-order valence-electron chi connectivity index (χ3n) is 4.62. The fourth-order valence-electron chi connectivity index (χ4n) is 3.12. The zero-order chi connectivity index (χ0) is 18.0. The lowest BCUT2D eigenvalue weighted by Crippen LogP contribution is -2.23. The molecule has 1 aliphatic rings. The first-order valence-corrected chi connectivity index (χ1v) is 8.55. The van der Waals surface area contributed by atoms with E-state index in [1.165, 1.54) is 5.57 Å². The molecule has 2 rings (SSSR count). The zero-order valence-electron chi connectivity index (χ0n) is 15.9. The van der Waals surface area contributed by atoms with Crippen LogP contribution in [0, 0.1) is 0 Å². The molecule has 0 heterocycles. The van der Waals surface area contributed by atoms with Crippen LogP contribution < -0.4 is 9.47 Å². The minimum Gasteiger partial charge on any atom is -0.497 e. The summed E-state index contributed by atoms with van der Waals surface area (Å²) in [5.74, 6) is 1.82. The quantitative estimate of drug-likeness (QED) is 0.622. The molecule has 1 aromatic rings. The van der Waals surface area contributed by atoms with E-state index in [2.05, 4.69) is 71.6 Å². The summed E-state index contributed by atoms with van der Waals surface area (Å²) in [5, 5.41) is 0. The smallest absolute Gasteiger partial charge is 0.127 e. The lowest BCUT2D eigenvalue weighted by molar-refractivity contribution is 0.337. The molecule has 24 heavy (non-hydrogen) atoms. The number of ether oxygens (including phenoxy) is 2. The molecule has 0 atom stereocenters. The summed E-state index contributed by atoms with van der Waals surface area (Å²) in [6.45, 7) is 15.4. The Labute approximate surface area is 146 Å². The van der Waals surface area contributed by atoms with Crippen LogP contribution in [0.3, 0.4) is 0 Å². The van der Waals surface area contributed by atoms with E-state index in [-0.39, 0.29) is 10.8 Å². The van der Waals surface area contributed by atoms with Crippen molar-refractivity contribution < 1.29 is 9.47 Å². The van der Waals surface area contributed by atoms with Crippen LogP contribution in [-0.2, 0) is 10.8 Å². The van der Waals surface area contributed by atoms with E-state index < -0.39 is 0 Å². The molecule has 0 spiro atoms. The highest BCUT2D eigenvalue weighted by Gasteiger charge is 2.33. The Bertz CT molecular complexity index is 670. The molecular formula is C22H30O2. The Hall–Kier alpha value is -1.96. The Morgan fingerprint density at radius 1 is 1.12 bits per heavy atom. The van der Waals surface area contributed by atoms with Gasteiger partial charge in [0.25, 0.3) is 0 Å². The van der Waals surface area contributed by atoms with Gasteiger partial charge in [0.15, 0.2) is 0 Å². The molecule has 0 saturated carbocycles. The molecule has 0 aromatic heterocycles. The van der Waals surface area contributed by atoms with Gasteiger partial charge in [-0.3, -0.25) is 0 Å². The maximum atomic E-state index is 6.16. The van der Waals surface area contributed by atoms with Crippen molar-refractivity contribution in [2.24, 2.45) is 0 Å². The maximum Gasteiger partial charge on any atom is 0.127 e. The van der Waals surface area contributed by atoms with Crippen LogP contribution in [0.15, 0.2) is 48.6 Å². The van der Waals surface area contributed by atoms with Crippen LogP contribution in [0.25, 0.3) is 0 Å². The first-order chi connectivity index (χ1) is 11.2. The summed E-state index contributed by atoms with van der Waals surface area (Å²) in [4.78, 5) is 0. The van der Waals surface area contributed by atoms with Crippen molar-refractivity contribution in [2.45, 2.75) is 51.9 Å². The summed E-state index contributed by atoms with van der Waals surface area (Å²) < 4.78 is 11.8. The minimum absolute atomic E-state index is 0.0459. The van der Waals surface area contributed by atoms with E-state index in [4.69, 9.17) is 9.47 Å². The Morgan fingerprint density at radius 2 is 1.79 bits per heavy atom. The highest BCUT2D eigenvalue weighted by molar-refractivity contribution is 5.57. The van der Waals surface area contributed by atoms with Crippen LogP contribution in [-0.4, -0.2) is 13.7 Å². The van der Waals surface area contributed by atoms with E-state index in [0.29, 0.717) is 6.61 Å². The predicted molar refractivity (Wildman–Crippen MR) is 102 cm³/mol. The van der Waals surface area contributed by atoms with Gasteiger partial charge in [-0.05, 0) is 29.5 Å². The van der Waals surface area contributed by atoms with Gasteiger partial charge in [0.05, 0.1) is 7.11 Å². The summed E-state index contributed by atoms with van der Waals surface area (Å²) in [6, 6.07) is 4.21. The second kappa shape index (κ2) is 6.88. The highest BCUT2D eigenvalue weighted by Crippen LogP contribution is 2.46. The third kappa shape index (κ3) is 3.58. The number of hydrogen-bond acceptors (Lipinski definition) is 2. The van der Waals surface area contributed by atoms with Crippen molar-refractivity contribution in [1.82, 2.24) is 0 Å². The van der Waals surface area contributed by atoms with E-state index in [1.807, 2.05) is 0 Å². The number of hydrogen-bond donors (Lipinski definition) is 0. The highest BCUT2D eigenvalue weighted by atomic mass is 16.5. The van der Waals surface area contributed by atoms with Gasteiger partial charge in [0.1, 0.15) is 18.1 Å². The maximum absolute atomic E-state index is 6.16. The van der Waals surface area contributed by atoms with E-state index in [1.54, 1.807) is 13.2 Å². The monoisotopic (exact) mass is 326 g/mol. The lowest BCUT2D eigenvalue weighted by atomic mass is 9.74. The number of methoxy groups -OCH3 is 1. The van der Waals surface area contributed by atoms with Crippen LogP contribution in [0.4, 0.5) is 0 Å². The van der Waals surface area contributed by atoms with Gasteiger partial charge in [0, 0.05) is 16.5 Å². The summed E-state index contributed by atoms with van der Waals surface area (Å²) in [6.07, 6.45) is 9.49. The molecule has 0 radical (unpaired) electrons.